The van der Waals surface area contributed by atoms with E-state index in [2.05, 4.69) is 194 Å². The van der Waals surface area contributed by atoms with Crippen molar-refractivity contribution < 1.29 is 0 Å². The molecule has 11 aromatic carbocycles. The van der Waals surface area contributed by atoms with Crippen LogP contribution in [0.15, 0.2) is 194 Å². The van der Waals surface area contributed by atoms with Gasteiger partial charge in [0.2, 0.25) is 0 Å². The molecule has 0 bridgehead atoms. The fraction of sp³-hybridized carbons (Fsp3) is 0. The molecular weight excluding hydrogens is 737 g/mol. The highest BCUT2D eigenvalue weighted by Crippen LogP contribution is 2.49. The first kappa shape index (κ1) is 32.3. The maximum atomic E-state index is 2.43. The number of hydrogen-bond acceptors (Lipinski definition) is 2. The molecular formula is C56H32S2. The Labute approximate surface area is 342 Å². The molecule has 0 aliphatic rings. The van der Waals surface area contributed by atoms with Crippen molar-refractivity contribution in [3.05, 3.63) is 194 Å². The van der Waals surface area contributed by atoms with E-state index in [1.807, 2.05) is 22.7 Å². The second-order valence-electron chi connectivity index (χ2n) is 15.5. The third kappa shape index (κ3) is 4.56. The van der Waals surface area contributed by atoms with Crippen LogP contribution < -0.4 is 0 Å². The summed E-state index contributed by atoms with van der Waals surface area (Å²) in [6.07, 6.45) is 0. The van der Waals surface area contributed by atoms with Crippen LogP contribution in [0.25, 0.3) is 128 Å². The number of rotatable bonds is 3. The summed E-state index contributed by atoms with van der Waals surface area (Å²) in [5.74, 6) is 0. The highest BCUT2D eigenvalue weighted by molar-refractivity contribution is 7.28. The summed E-state index contributed by atoms with van der Waals surface area (Å²) >= 11 is 3.84. The van der Waals surface area contributed by atoms with E-state index in [0.717, 1.165) is 0 Å². The third-order valence-electron chi connectivity index (χ3n) is 12.5. The lowest BCUT2D eigenvalue weighted by molar-refractivity contribution is 1.67. The molecule has 0 N–H and O–H groups in total. The van der Waals surface area contributed by atoms with Gasteiger partial charge in [0.15, 0.2) is 0 Å². The van der Waals surface area contributed by atoms with Crippen molar-refractivity contribution in [1.82, 2.24) is 0 Å². The summed E-state index contributed by atoms with van der Waals surface area (Å²) in [5.41, 5.74) is 7.63. The SMILES string of the molecule is c1ccc2c(-c3c4ccccc4c(-c4ccc(-c5ccc6c(c5)sc5ccc7sc8c9ccccc9ccc8c7c56)c5ccccc45)c4ccccc34)cccc2c1. The molecule has 13 rings (SSSR count). The van der Waals surface area contributed by atoms with Gasteiger partial charge in [-0.05, 0) is 105 Å². The average Bonchev–Trinajstić information content (AvgIpc) is 3.86. The van der Waals surface area contributed by atoms with Gasteiger partial charge in [0.05, 0.1) is 0 Å². The molecule has 2 aromatic heterocycles. The number of benzene rings is 11. The molecule has 13 aromatic rings. The van der Waals surface area contributed by atoms with Crippen LogP contribution >= 0.6 is 22.7 Å². The number of fused-ring (bicyclic) bond motifs is 13. The molecule has 0 saturated heterocycles. The second-order valence-corrected chi connectivity index (χ2v) is 17.6. The Balaban J connectivity index is 1.02. The smallest absolute Gasteiger partial charge is 0.0434 e. The topological polar surface area (TPSA) is 0 Å². The van der Waals surface area contributed by atoms with Gasteiger partial charge in [-0.1, -0.05) is 176 Å². The van der Waals surface area contributed by atoms with E-state index in [9.17, 15) is 0 Å². The molecule has 0 radical (unpaired) electrons. The van der Waals surface area contributed by atoms with Crippen LogP contribution in [0.2, 0.25) is 0 Å². The quantitative estimate of drug-likeness (QED) is 0.157. The molecule has 0 fully saturated rings. The van der Waals surface area contributed by atoms with E-state index in [1.165, 1.54) is 128 Å². The van der Waals surface area contributed by atoms with Gasteiger partial charge < -0.3 is 0 Å². The lowest BCUT2D eigenvalue weighted by Gasteiger charge is -2.20. The highest BCUT2D eigenvalue weighted by atomic mass is 32.1. The molecule has 0 spiro atoms. The van der Waals surface area contributed by atoms with Crippen molar-refractivity contribution >= 4 is 117 Å². The van der Waals surface area contributed by atoms with Crippen molar-refractivity contribution in [1.29, 1.82) is 0 Å². The van der Waals surface area contributed by atoms with Crippen molar-refractivity contribution in [3.8, 4) is 33.4 Å². The van der Waals surface area contributed by atoms with Gasteiger partial charge in [-0.25, -0.2) is 0 Å². The summed E-state index contributed by atoms with van der Waals surface area (Å²) in [6, 6.07) is 72.5. The normalized spacial score (nSPS) is 12.1. The Bertz CT molecular complexity index is 3800. The Hall–Kier alpha value is -6.84. The predicted octanol–water partition coefficient (Wildman–Crippen LogP) is 17.2. The summed E-state index contributed by atoms with van der Waals surface area (Å²) in [7, 11) is 0. The predicted molar refractivity (Wildman–Crippen MR) is 256 cm³/mol. The zero-order chi connectivity index (χ0) is 37.9. The molecule has 0 aliphatic carbocycles. The van der Waals surface area contributed by atoms with Crippen molar-refractivity contribution in [3.63, 3.8) is 0 Å². The first-order valence-corrected chi connectivity index (χ1v) is 21.6. The molecule has 2 heteroatoms. The monoisotopic (exact) mass is 768 g/mol. The van der Waals surface area contributed by atoms with Gasteiger partial charge in [-0.15, -0.1) is 22.7 Å². The molecule has 0 saturated carbocycles. The minimum Gasteiger partial charge on any atom is -0.135 e. The molecule has 0 nitrogen and oxygen atoms in total. The fourth-order valence-corrected chi connectivity index (χ4v) is 12.3. The number of thiophene rings is 2. The molecule has 268 valence electrons. The van der Waals surface area contributed by atoms with Crippen LogP contribution in [0, 0.1) is 0 Å². The van der Waals surface area contributed by atoms with Crippen LogP contribution in [0.3, 0.4) is 0 Å². The van der Waals surface area contributed by atoms with Crippen molar-refractivity contribution in [2.75, 3.05) is 0 Å². The van der Waals surface area contributed by atoms with Gasteiger partial charge in [0, 0.05) is 40.3 Å². The first-order valence-electron chi connectivity index (χ1n) is 19.9. The van der Waals surface area contributed by atoms with E-state index in [-0.39, 0.29) is 0 Å². The maximum Gasteiger partial charge on any atom is 0.0434 e. The zero-order valence-electron chi connectivity index (χ0n) is 31.3. The fourth-order valence-electron chi connectivity index (χ4n) is 9.95. The van der Waals surface area contributed by atoms with Crippen molar-refractivity contribution in [2.24, 2.45) is 0 Å². The van der Waals surface area contributed by atoms with Gasteiger partial charge >= 0.3 is 0 Å². The largest absolute Gasteiger partial charge is 0.135 e. The average molecular weight is 769 g/mol. The van der Waals surface area contributed by atoms with Gasteiger partial charge in [-0.3, -0.25) is 0 Å². The van der Waals surface area contributed by atoms with E-state index in [0.29, 0.717) is 0 Å². The highest BCUT2D eigenvalue weighted by Gasteiger charge is 2.21. The molecule has 58 heavy (non-hydrogen) atoms. The number of hydrogen-bond donors (Lipinski definition) is 0. The Morgan fingerprint density at radius 1 is 0.259 bits per heavy atom. The van der Waals surface area contributed by atoms with Crippen LogP contribution in [-0.2, 0) is 0 Å². The summed E-state index contributed by atoms with van der Waals surface area (Å²) < 4.78 is 5.41. The molecule has 0 atom stereocenters. The van der Waals surface area contributed by atoms with Crippen LogP contribution in [0.5, 0.6) is 0 Å². The van der Waals surface area contributed by atoms with Gasteiger partial charge in [-0.2, -0.15) is 0 Å². The molecule has 0 aliphatic heterocycles. The van der Waals surface area contributed by atoms with E-state index < -0.39 is 0 Å². The van der Waals surface area contributed by atoms with Crippen LogP contribution in [0.1, 0.15) is 0 Å². The van der Waals surface area contributed by atoms with E-state index in [1.54, 1.807) is 0 Å². The van der Waals surface area contributed by atoms with Crippen LogP contribution in [-0.4, -0.2) is 0 Å². The van der Waals surface area contributed by atoms with E-state index >= 15 is 0 Å². The minimum absolute atomic E-state index is 1.25. The van der Waals surface area contributed by atoms with Gasteiger partial charge in [0.25, 0.3) is 0 Å². The van der Waals surface area contributed by atoms with Gasteiger partial charge in [0.1, 0.15) is 0 Å². The lowest BCUT2D eigenvalue weighted by Crippen LogP contribution is -1.93. The zero-order valence-corrected chi connectivity index (χ0v) is 32.9. The second kappa shape index (κ2) is 12.3. The van der Waals surface area contributed by atoms with Crippen LogP contribution in [0.4, 0.5) is 0 Å². The third-order valence-corrected chi connectivity index (χ3v) is 14.8. The standard InChI is InChI=1S/C56H32S2/c1-3-15-36-33(12-1)14-11-23-41(36)52-42-19-7-9-21-44(42)53(45-22-10-8-20-43(45)52)46-29-28-37(39-17-5-6-18-40(39)46)35-25-26-47-51(32-35)57-49-30-31-50-55(54(47)49)48-27-24-34-13-2-4-16-38(34)56(48)58-50/h1-32H. The Morgan fingerprint density at radius 2 is 0.741 bits per heavy atom. The summed E-state index contributed by atoms with van der Waals surface area (Å²) in [4.78, 5) is 0. The maximum absolute atomic E-state index is 2.43. The first-order chi connectivity index (χ1) is 28.8. The summed E-state index contributed by atoms with van der Waals surface area (Å²) in [5, 5.41) is 18.3. The summed E-state index contributed by atoms with van der Waals surface area (Å²) in [6.45, 7) is 0. The Morgan fingerprint density at radius 3 is 1.43 bits per heavy atom. The lowest BCUT2D eigenvalue weighted by atomic mass is 9.83. The minimum atomic E-state index is 1.25. The molecule has 2 heterocycles. The molecule has 0 unspecified atom stereocenters. The molecule has 0 amide bonds. The van der Waals surface area contributed by atoms with E-state index in [4.69, 9.17) is 0 Å². The van der Waals surface area contributed by atoms with Crippen molar-refractivity contribution in [2.45, 2.75) is 0 Å². The Kier molecular flexibility index (Phi) is 6.86.